The lowest BCUT2D eigenvalue weighted by Crippen LogP contribution is -2.40. The lowest BCUT2D eigenvalue weighted by molar-refractivity contribution is -0.137. The summed E-state index contributed by atoms with van der Waals surface area (Å²) in [6.45, 7) is 3.76. The first-order valence-corrected chi connectivity index (χ1v) is 11.6. The van der Waals surface area contributed by atoms with Gasteiger partial charge in [0.1, 0.15) is 11.6 Å². The average molecular weight is 513 g/mol. The molecule has 3 aromatic carbocycles. The summed E-state index contributed by atoms with van der Waals surface area (Å²) < 4.78 is 54.4. The number of nitrogens with zero attached hydrogens (tertiary/aromatic N) is 3. The van der Waals surface area contributed by atoms with E-state index >= 15 is 0 Å². The first-order valence-electron chi connectivity index (χ1n) is 11.6. The quantitative estimate of drug-likeness (QED) is 0.298. The lowest BCUT2D eigenvalue weighted by atomic mass is 10.1. The van der Waals surface area contributed by atoms with Crippen LogP contribution in [0.25, 0.3) is 16.6 Å². The van der Waals surface area contributed by atoms with Crippen LogP contribution < -0.4 is 10.9 Å². The Morgan fingerprint density at radius 3 is 2.43 bits per heavy atom. The number of alkyl halides is 3. The largest absolute Gasteiger partial charge is 0.416 e. The Morgan fingerprint density at radius 2 is 1.76 bits per heavy atom. The highest BCUT2D eigenvalue weighted by molar-refractivity contribution is 5.89. The van der Waals surface area contributed by atoms with E-state index in [-0.39, 0.29) is 18.1 Å². The van der Waals surface area contributed by atoms with Gasteiger partial charge in [-0.25, -0.2) is 14.2 Å². The molecule has 6 nitrogen and oxygen atoms in total. The zero-order valence-electron chi connectivity index (χ0n) is 20.1. The van der Waals surface area contributed by atoms with Crippen molar-refractivity contribution in [2.75, 3.05) is 11.9 Å². The molecule has 0 radical (unpaired) electrons. The minimum Gasteiger partial charge on any atom is -0.315 e. The lowest BCUT2D eigenvalue weighted by Gasteiger charge is -2.30. The fourth-order valence-corrected chi connectivity index (χ4v) is 4.09. The van der Waals surface area contributed by atoms with Crippen molar-refractivity contribution in [2.24, 2.45) is 0 Å². The molecule has 192 valence electrons. The molecule has 1 aromatic heterocycles. The van der Waals surface area contributed by atoms with Crippen LogP contribution in [0.5, 0.6) is 0 Å². The van der Waals surface area contributed by atoms with E-state index in [9.17, 15) is 27.2 Å². The highest BCUT2D eigenvalue weighted by atomic mass is 19.4. The van der Waals surface area contributed by atoms with Crippen LogP contribution in [0.4, 0.5) is 28.0 Å². The number of anilines is 1. The van der Waals surface area contributed by atoms with Crippen LogP contribution in [-0.2, 0) is 6.18 Å². The van der Waals surface area contributed by atoms with E-state index in [0.717, 1.165) is 12.1 Å². The molecule has 0 aliphatic rings. The average Bonchev–Trinajstić information content (AvgIpc) is 2.87. The molecule has 2 amide bonds. The van der Waals surface area contributed by atoms with Crippen LogP contribution in [0.3, 0.4) is 0 Å². The number of benzene rings is 3. The van der Waals surface area contributed by atoms with Gasteiger partial charge < -0.3 is 10.2 Å². The minimum atomic E-state index is -4.56. The summed E-state index contributed by atoms with van der Waals surface area (Å²) in [7, 11) is 0. The first kappa shape index (κ1) is 25.9. The van der Waals surface area contributed by atoms with Crippen molar-refractivity contribution in [3.63, 3.8) is 0 Å². The predicted octanol–water partition coefficient (Wildman–Crippen LogP) is 6.55. The molecular formula is C27H24F4N4O2. The zero-order chi connectivity index (χ0) is 26.7. The maximum Gasteiger partial charge on any atom is 0.416 e. The van der Waals surface area contributed by atoms with Crippen molar-refractivity contribution in [3.8, 4) is 5.69 Å². The van der Waals surface area contributed by atoms with Crippen LogP contribution in [0.15, 0.2) is 77.6 Å². The molecule has 1 N–H and O–H groups in total. The van der Waals surface area contributed by atoms with Crippen molar-refractivity contribution in [3.05, 3.63) is 100 Å². The Balaban J connectivity index is 1.78. The summed E-state index contributed by atoms with van der Waals surface area (Å²) in [5.74, 6) is -0.254. The second-order valence-electron chi connectivity index (χ2n) is 8.48. The second kappa shape index (κ2) is 10.4. The molecule has 0 spiro atoms. The van der Waals surface area contributed by atoms with Crippen molar-refractivity contribution in [2.45, 2.75) is 32.5 Å². The van der Waals surface area contributed by atoms with Crippen LogP contribution in [0.1, 0.15) is 37.7 Å². The van der Waals surface area contributed by atoms with E-state index in [2.05, 4.69) is 10.3 Å². The summed E-state index contributed by atoms with van der Waals surface area (Å²) in [5.41, 5.74) is -0.519. The predicted molar refractivity (Wildman–Crippen MR) is 133 cm³/mol. The molecule has 0 aliphatic carbocycles. The molecule has 0 aliphatic heterocycles. The molecule has 10 heteroatoms. The van der Waals surface area contributed by atoms with Gasteiger partial charge in [0, 0.05) is 12.2 Å². The number of hydrogen-bond donors (Lipinski definition) is 1. The number of halogens is 4. The highest BCUT2D eigenvalue weighted by Gasteiger charge is 2.31. The van der Waals surface area contributed by atoms with E-state index in [0.29, 0.717) is 23.0 Å². The van der Waals surface area contributed by atoms with Gasteiger partial charge in [-0.15, -0.1) is 0 Å². The van der Waals surface area contributed by atoms with Gasteiger partial charge in [-0.2, -0.15) is 13.2 Å². The third-order valence-corrected chi connectivity index (χ3v) is 5.89. The molecule has 4 aromatic rings. The fourth-order valence-electron chi connectivity index (χ4n) is 4.09. The molecule has 0 saturated heterocycles. The Bertz CT molecular complexity index is 1480. The van der Waals surface area contributed by atoms with Gasteiger partial charge in [-0.3, -0.25) is 9.36 Å². The fraction of sp³-hybridized carbons (Fsp3) is 0.222. The van der Waals surface area contributed by atoms with Gasteiger partial charge in [-0.1, -0.05) is 25.1 Å². The molecule has 1 heterocycles. The second-order valence-corrected chi connectivity index (χ2v) is 8.48. The van der Waals surface area contributed by atoms with Crippen molar-refractivity contribution in [1.29, 1.82) is 0 Å². The van der Waals surface area contributed by atoms with E-state index in [1.54, 1.807) is 31.2 Å². The molecule has 0 fully saturated rings. The van der Waals surface area contributed by atoms with Crippen molar-refractivity contribution < 1.29 is 22.4 Å². The van der Waals surface area contributed by atoms with Crippen LogP contribution in [0, 0.1) is 5.82 Å². The van der Waals surface area contributed by atoms with Gasteiger partial charge in [0.15, 0.2) is 0 Å². The van der Waals surface area contributed by atoms with Crippen LogP contribution in [0.2, 0.25) is 0 Å². The van der Waals surface area contributed by atoms with E-state index in [4.69, 9.17) is 0 Å². The smallest absolute Gasteiger partial charge is 0.315 e. The SMILES string of the molecule is CCCN(C(=O)Nc1cccc(C(F)(F)F)c1)C(C)c1nc2ccccc2c(=O)n1-c1ccc(F)cc1. The number of fused-ring (bicyclic) bond motifs is 1. The first-order chi connectivity index (χ1) is 17.6. The molecule has 0 saturated carbocycles. The summed E-state index contributed by atoms with van der Waals surface area (Å²) in [4.78, 5) is 32.9. The summed E-state index contributed by atoms with van der Waals surface area (Å²) >= 11 is 0. The third-order valence-electron chi connectivity index (χ3n) is 5.89. The number of urea groups is 1. The van der Waals surface area contributed by atoms with Gasteiger partial charge in [0.25, 0.3) is 5.56 Å². The maximum atomic E-state index is 13.6. The molecule has 37 heavy (non-hydrogen) atoms. The number of carbonyl (C=O) groups is 1. The Kier molecular flexibility index (Phi) is 7.28. The van der Waals surface area contributed by atoms with Gasteiger partial charge in [-0.05, 0) is 67.9 Å². The number of rotatable bonds is 6. The molecule has 1 atom stereocenters. The molecular weight excluding hydrogens is 488 g/mol. The number of carbonyl (C=O) groups excluding carboxylic acids is 1. The van der Waals surface area contributed by atoms with E-state index in [1.807, 2.05) is 6.92 Å². The highest BCUT2D eigenvalue weighted by Crippen LogP contribution is 2.31. The standard InChI is InChI=1S/C27H24F4N4O2/c1-3-15-34(26(37)32-20-8-6-7-18(16-20)27(29,30)31)17(2)24-33-23-10-5-4-9-22(23)25(36)35(24)21-13-11-19(28)12-14-21/h4-14,16-17H,3,15H2,1-2H3,(H,32,37). The Hall–Kier alpha value is -4.21. The van der Waals surface area contributed by atoms with Crippen LogP contribution in [-0.4, -0.2) is 27.0 Å². The van der Waals surface area contributed by atoms with E-state index < -0.39 is 35.2 Å². The maximum absolute atomic E-state index is 13.6. The third kappa shape index (κ3) is 5.47. The van der Waals surface area contributed by atoms with Gasteiger partial charge in [0.2, 0.25) is 0 Å². The minimum absolute atomic E-state index is 0.0180. The number of para-hydroxylation sites is 1. The van der Waals surface area contributed by atoms with E-state index in [1.165, 1.54) is 45.9 Å². The van der Waals surface area contributed by atoms with Crippen molar-refractivity contribution >= 4 is 22.6 Å². The molecule has 0 bridgehead atoms. The van der Waals surface area contributed by atoms with Gasteiger partial charge >= 0.3 is 12.2 Å². The monoisotopic (exact) mass is 512 g/mol. The van der Waals surface area contributed by atoms with Crippen LogP contribution >= 0.6 is 0 Å². The Labute approximate surface area is 210 Å². The number of aromatic nitrogens is 2. The molecule has 1 unspecified atom stereocenters. The molecule has 4 rings (SSSR count). The topological polar surface area (TPSA) is 67.2 Å². The summed E-state index contributed by atoms with van der Waals surface area (Å²) in [5, 5.41) is 2.88. The summed E-state index contributed by atoms with van der Waals surface area (Å²) in [6.07, 6.45) is -4.02. The summed E-state index contributed by atoms with van der Waals surface area (Å²) in [6, 6.07) is 15.0. The number of hydrogen-bond acceptors (Lipinski definition) is 3. The van der Waals surface area contributed by atoms with Crippen molar-refractivity contribution in [1.82, 2.24) is 14.5 Å². The number of amides is 2. The zero-order valence-corrected chi connectivity index (χ0v) is 20.1. The van der Waals surface area contributed by atoms with Gasteiger partial charge in [0.05, 0.1) is 28.2 Å². The normalized spacial score (nSPS) is 12.4. The Morgan fingerprint density at radius 1 is 1.05 bits per heavy atom. The number of nitrogens with one attached hydrogen (secondary N) is 1.